The van der Waals surface area contributed by atoms with E-state index in [-0.39, 0.29) is 0 Å². The first-order valence-corrected chi connectivity index (χ1v) is 6.24. The Morgan fingerprint density at radius 1 is 1.44 bits per heavy atom. The minimum Gasteiger partial charge on any atom is -0.478 e. The highest BCUT2D eigenvalue weighted by Gasteiger charge is 2.18. The van der Waals surface area contributed by atoms with Crippen LogP contribution in [0, 0.1) is 5.92 Å². The van der Waals surface area contributed by atoms with Crippen LogP contribution in [0.3, 0.4) is 0 Å². The van der Waals surface area contributed by atoms with Gasteiger partial charge < -0.3 is 10.4 Å². The van der Waals surface area contributed by atoms with E-state index in [2.05, 4.69) is 12.2 Å². The Hall–Kier alpha value is -0.830. The fourth-order valence-corrected chi connectivity index (χ4v) is 2.29. The van der Waals surface area contributed by atoms with E-state index in [0.29, 0.717) is 18.2 Å². The van der Waals surface area contributed by atoms with Crippen molar-refractivity contribution in [3.63, 3.8) is 0 Å². The molecule has 0 bridgehead atoms. The summed E-state index contributed by atoms with van der Waals surface area (Å²) in [5.74, 6) is -0.0561. The highest BCUT2D eigenvalue weighted by atomic mass is 16.4. The number of carbonyl (C=O) groups is 1. The Balaban J connectivity index is 2.26. The van der Waals surface area contributed by atoms with Crippen molar-refractivity contribution in [2.45, 2.75) is 52.0 Å². The second kappa shape index (κ2) is 6.69. The molecule has 0 aromatic carbocycles. The van der Waals surface area contributed by atoms with Gasteiger partial charge in [0.05, 0.1) is 0 Å². The van der Waals surface area contributed by atoms with Crippen molar-refractivity contribution in [2.75, 3.05) is 6.54 Å². The fraction of sp³-hybridized carbons (Fsp3) is 0.769. The van der Waals surface area contributed by atoms with Crippen LogP contribution in [-0.4, -0.2) is 23.7 Å². The van der Waals surface area contributed by atoms with Gasteiger partial charge in [0, 0.05) is 18.2 Å². The SMILES string of the molecule is C/C(=C/CNC(C)C1CCCCC1)C(=O)O. The molecule has 1 unspecified atom stereocenters. The summed E-state index contributed by atoms with van der Waals surface area (Å²) in [6, 6.07) is 0.498. The molecule has 3 nitrogen and oxygen atoms in total. The van der Waals surface area contributed by atoms with Crippen molar-refractivity contribution in [1.29, 1.82) is 0 Å². The molecule has 0 aromatic heterocycles. The van der Waals surface area contributed by atoms with Gasteiger partial charge in [-0.25, -0.2) is 4.79 Å². The van der Waals surface area contributed by atoms with Gasteiger partial charge in [0.1, 0.15) is 0 Å². The first kappa shape index (κ1) is 13.2. The molecular formula is C13H23NO2. The zero-order chi connectivity index (χ0) is 12.0. The second-order valence-corrected chi connectivity index (χ2v) is 4.79. The molecule has 3 heteroatoms. The lowest BCUT2D eigenvalue weighted by Gasteiger charge is -2.28. The lowest BCUT2D eigenvalue weighted by Crippen LogP contribution is -2.34. The molecular weight excluding hydrogens is 202 g/mol. The van der Waals surface area contributed by atoms with E-state index >= 15 is 0 Å². The molecule has 0 aromatic rings. The van der Waals surface area contributed by atoms with Crippen LogP contribution in [0.5, 0.6) is 0 Å². The minimum atomic E-state index is -0.827. The predicted octanol–water partition coefficient (Wildman–Crippen LogP) is 2.58. The number of aliphatic carboxylic acids is 1. The van der Waals surface area contributed by atoms with Crippen LogP contribution in [0.1, 0.15) is 46.0 Å². The number of carboxylic acid groups (broad SMARTS) is 1. The normalized spacial score (nSPS) is 20.8. The third-order valence-corrected chi connectivity index (χ3v) is 3.54. The summed E-state index contributed by atoms with van der Waals surface area (Å²) in [5, 5.41) is 12.1. The standard InChI is InChI=1S/C13H23NO2/c1-10(13(15)16)8-9-14-11(2)12-6-4-3-5-7-12/h8,11-12,14H,3-7,9H2,1-2H3,(H,15,16)/b10-8-. The molecule has 1 fully saturated rings. The summed E-state index contributed by atoms with van der Waals surface area (Å²) in [4.78, 5) is 10.6. The topological polar surface area (TPSA) is 49.3 Å². The van der Waals surface area contributed by atoms with Gasteiger partial charge in [0.2, 0.25) is 0 Å². The van der Waals surface area contributed by atoms with E-state index in [1.807, 2.05) is 0 Å². The summed E-state index contributed by atoms with van der Waals surface area (Å²) in [6.45, 7) is 4.50. The van der Waals surface area contributed by atoms with E-state index in [1.54, 1.807) is 13.0 Å². The molecule has 0 spiro atoms. The average Bonchev–Trinajstić information content (AvgIpc) is 2.29. The summed E-state index contributed by atoms with van der Waals surface area (Å²) in [5.41, 5.74) is 0.420. The molecule has 1 atom stereocenters. The zero-order valence-electron chi connectivity index (χ0n) is 10.3. The zero-order valence-corrected chi connectivity index (χ0v) is 10.3. The first-order chi connectivity index (χ1) is 7.61. The maximum Gasteiger partial charge on any atom is 0.330 e. The van der Waals surface area contributed by atoms with Gasteiger partial charge in [0.25, 0.3) is 0 Å². The number of hydrogen-bond donors (Lipinski definition) is 2. The molecule has 1 aliphatic carbocycles. The fourth-order valence-electron chi connectivity index (χ4n) is 2.29. The molecule has 1 aliphatic rings. The van der Waals surface area contributed by atoms with Gasteiger partial charge in [-0.15, -0.1) is 0 Å². The van der Waals surface area contributed by atoms with Gasteiger partial charge in [0.15, 0.2) is 0 Å². The Morgan fingerprint density at radius 3 is 2.62 bits per heavy atom. The number of nitrogens with one attached hydrogen (secondary N) is 1. The second-order valence-electron chi connectivity index (χ2n) is 4.79. The lowest BCUT2D eigenvalue weighted by molar-refractivity contribution is -0.132. The maximum absolute atomic E-state index is 10.6. The van der Waals surface area contributed by atoms with E-state index in [1.165, 1.54) is 32.1 Å². The average molecular weight is 225 g/mol. The van der Waals surface area contributed by atoms with Crippen molar-refractivity contribution in [3.05, 3.63) is 11.6 Å². The van der Waals surface area contributed by atoms with E-state index in [0.717, 1.165) is 5.92 Å². The van der Waals surface area contributed by atoms with Crippen molar-refractivity contribution in [2.24, 2.45) is 5.92 Å². The van der Waals surface area contributed by atoms with Crippen molar-refractivity contribution in [3.8, 4) is 0 Å². The Labute approximate surface area is 97.9 Å². The number of hydrogen-bond acceptors (Lipinski definition) is 2. The Bertz CT molecular complexity index is 255. The van der Waals surface area contributed by atoms with Crippen LogP contribution in [0.15, 0.2) is 11.6 Å². The molecule has 0 heterocycles. The molecule has 0 radical (unpaired) electrons. The number of carboxylic acids is 1. The Kier molecular flexibility index (Phi) is 5.53. The van der Waals surface area contributed by atoms with Gasteiger partial charge in [-0.2, -0.15) is 0 Å². The smallest absolute Gasteiger partial charge is 0.330 e. The maximum atomic E-state index is 10.6. The van der Waals surface area contributed by atoms with Crippen LogP contribution >= 0.6 is 0 Å². The molecule has 0 aliphatic heterocycles. The van der Waals surface area contributed by atoms with Crippen LogP contribution in [-0.2, 0) is 4.79 Å². The molecule has 16 heavy (non-hydrogen) atoms. The summed E-state index contributed by atoms with van der Waals surface area (Å²) in [6.07, 6.45) is 8.45. The molecule has 1 saturated carbocycles. The summed E-state index contributed by atoms with van der Waals surface area (Å²) < 4.78 is 0. The Morgan fingerprint density at radius 2 is 2.06 bits per heavy atom. The monoisotopic (exact) mass is 225 g/mol. The van der Waals surface area contributed by atoms with Gasteiger partial charge in [-0.3, -0.25) is 0 Å². The van der Waals surface area contributed by atoms with Crippen LogP contribution in [0.2, 0.25) is 0 Å². The van der Waals surface area contributed by atoms with Crippen molar-refractivity contribution in [1.82, 2.24) is 5.32 Å². The van der Waals surface area contributed by atoms with Gasteiger partial charge in [-0.05, 0) is 32.6 Å². The van der Waals surface area contributed by atoms with Crippen molar-refractivity contribution < 1.29 is 9.90 Å². The van der Waals surface area contributed by atoms with E-state index in [4.69, 9.17) is 5.11 Å². The molecule has 1 rings (SSSR count). The molecule has 0 amide bonds. The van der Waals surface area contributed by atoms with Crippen LogP contribution < -0.4 is 5.32 Å². The van der Waals surface area contributed by atoms with Crippen LogP contribution in [0.25, 0.3) is 0 Å². The predicted molar refractivity (Wildman–Crippen MR) is 65.4 cm³/mol. The minimum absolute atomic E-state index is 0.420. The van der Waals surface area contributed by atoms with E-state index < -0.39 is 5.97 Å². The van der Waals surface area contributed by atoms with Crippen molar-refractivity contribution >= 4 is 5.97 Å². The molecule has 2 N–H and O–H groups in total. The van der Waals surface area contributed by atoms with Gasteiger partial charge >= 0.3 is 5.97 Å². The van der Waals surface area contributed by atoms with E-state index in [9.17, 15) is 4.79 Å². The summed E-state index contributed by atoms with van der Waals surface area (Å²) in [7, 11) is 0. The summed E-state index contributed by atoms with van der Waals surface area (Å²) >= 11 is 0. The highest BCUT2D eigenvalue weighted by Crippen LogP contribution is 2.26. The molecule has 92 valence electrons. The first-order valence-electron chi connectivity index (χ1n) is 6.24. The highest BCUT2D eigenvalue weighted by molar-refractivity contribution is 5.85. The third kappa shape index (κ3) is 4.35. The quantitative estimate of drug-likeness (QED) is 0.707. The lowest BCUT2D eigenvalue weighted by atomic mass is 9.84. The molecule has 0 saturated heterocycles. The van der Waals surface area contributed by atoms with Crippen LogP contribution in [0.4, 0.5) is 0 Å². The van der Waals surface area contributed by atoms with Gasteiger partial charge in [-0.1, -0.05) is 25.3 Å². The largest absolute Gasteiger partial charge is 0.478 e. The third-order valence-electron chi connectivity index (χ3n) is 3.54. The number of rotatable bonds is 5.